The standard InChI is InChI=1S/C17H13ClFN3O/c18-13-5-3-12(4-6-13)16-15(10-21-22-16)17(23)20-9-11-1-7-14(19)8-2-11/h1-8,10H,9H2,(H,20,23)(H,21,22). The summed E-state index contributed by atoms with van der Waals surface area (Å²) < 4.78 is 12.9. The molecule has 0 atom stereocenters. The van der Waals surface area contributed by atoms with Gasteiger partial charge in [-0.1, -0.05) is 35.9 Å². The van der Waals surface area contributed by atoms with E-state index in [2.05, 4.69) is 15.5 Å². The van der Waals surface area contributed by atoms with E-state index in [0.29, 0.717) is 22.8 Å². The Morgan fingerprint density at radius 3 is 2.52 bits per heavy atom. The van der Waals surface area contributed by atoms with Crippen LogP contribution in [0, 0.1) is 5.82 Å². The Hall–Kier alpha value is -2.66. The molecule has 1 heterocycles. The van der Waals surface area contributed by atoms with E-state index < -0.39 is 0 Å². The van der Waals surface area contributed by atoms with Crippen LogP contribution in [0.25, 0.3) is 11.3 Å². The third-order valence-electron chi connectivity index (χ3n) is 3.38. The number of H-pyrrole nitrogens is 1. The molecule has 0 aliphatic rings. The van der Waals surface area contributed by atoms with Crippen molar-refractivity contribution in [3.8, 4) is 11.3 Å². The van der Waals surface area contributed by atoms with Crippen molar-refractivity contribution < 1.29 is 9.18 Å². The van der Waals surface area contributed by atoms with Gasteiger partial charge in [0.05, 0.1) is 17.5 Å². The van der Waals surface area contributed by atoms with E-state index in [-0.39, 0.29) is 11.7 Å². The van der Waals surface area contributed by atoms with Gasteiger partial charge in [0.1, 0.15) is 5.82 Å². The summed E-state index contributed by atoms with van der Waals surface area (Å²) in [5, 5.41) is 10.2. The minimum atomic E-state index is -0.306. The third kappa shape index (κ3) is 3.57. The zero-order valence-electron chi connectivity index (χ0n) is 12.0. The molecule has 0 saturated heterocycles. The fourth-order valence-electron chi connectivity index (χ4n) is 2.17. The number of rotatable bonds is 4. The number of carbonyl (C=O) groups excluding carboxylic acids is 1. The Bertz CT molecular complexity index is 813. The summed E-state index contributed by atoms with van der Waals surface area (Å²) in [6.45, 7) is 0.310. The van der Waals surface area contributed by atoms with Gasteiger partial charge in [-0.15, -0.1) is 0 Å². The van der Waals surface area contributed by atoms with Gasteiger partial charge in [0.2, 0.25) is 0 Å². The summed E-state index contributed by atoms with van der Waals surface area (Å²) in [6.07, 6.45) is 1.48. The molecular formula is C17H13ClFN3O. The van der Waals surface area contributed by atoms with Crippen molar-refractivity contribution >= 4 is 17.5 Å². The number of nitrogens with one attached hydrogen (secondary N) is 2. The van der Waals surface area contributed by atoms with Crippen LogP contribution in [0.1, 0.15) is 15.9 Å². The van der Waals surface area contributed by atoms with Gasteiger partial charge in [-0.2, -0.15) is 5.10 Å². The lowest BCUT2D eigenvalue weighted by Gasteiger charge is -2.06. The van der Waals surface area contributed by atoms with Gasteiger partial charge in [0.25, 0.3) is 5.91 Å². The molecule has 3 rings (SSSR count). The normalized spacial score (nSPS) is 10.5. The average molecular weight is 330 g/mol. The number of aromatic nitrogens is 2. The smallest absolute Gasteiger partial charge is 0.255 e. The van der Waals surface area contributed by atoms with E-state index in [9.17, 15) is 9.18 Å². The van der Waals surface area contributed by atoms with E-state index in [1.54, 1.807) is 24.3 Å². The highest BCUT2D eigenvalue weighted by Crippen LogP contribution is 2.22. The van der Waals surface area contributed by atoms with Crippen molar-refractivity contribution in [2.45, 2.75) is 6.54 Å². The van der Waals surface area contributed by atoms with E-state index in [4.69, 9.17) is 11.6 Å². The molecule has 0 radical (unpaired) electrons. The lowest BCUT2D eigenvalue weighted by atomic mass is 10.1. The van der Waals surface area contributed by atoms with Crippen molar-refractivity contribution in [1.29, 1.82) is 0 Å². The first kappa shape index (κ1) is 15.2. The van der Waals surface area contributed by atoms with Gasteiger partial charge in [0, 0.05) is 17.1 Å². The molecule has 0 fully saturated rings. The second kappa shape index (κ2) is 6.62. The van der Waals surface area contributed by atoms with Crippen LogP contribution in [0.2, 0.25) is 5.02 Å². The zero-order valence-corrected chi connectivity index (χ0v) is 12.8. The van der Waals surface area contributed by atoms with Crippen LogP contribution in [-0.2, 0) is 6.54 Å². The SMILES string of the molecule is O=C(NCc1ccc(F)cc1)c1cn[nH]c1-c1ccc(Cl)cc1. The van der Waals surface area contributed by atoms with Crippen LogP contribution in [0.3, 0.4) is 0 Å². The Kier molecular flexibility index (Phi) is 4.39. The number of hydrogen-bond acceptors (Lipinski definition) is 2. The third-order valence-corrected chi connectivity index (χ3v) is 3.64. The molecule has 0 bridgehead atoms. The second-order valence-electron chi connectivity index (χ2n) is 4.97. The maximum absolute atomic E-state index is 12.9. The average Bonchev–Trinajstić information content (AvgIpc) is 3.04. The highest BCUT2D eigenvalue weighted by Gasteiger charge is 2.15. The second-order valence-corrected chi connectivity index (χ2v) is 5.41. The summed E-state index contributed by atoms with van der Waals surface area (Å²) >= 11 is 5.87. The highest BCUT2D eigenvalue weighted by molar-refractivity contribution is 6.30. The van der Waals surface area contributed by atoms with Crippen LogP contribution in [-0.4, -0.2) is 16.1 Å². The number of carbonyl (C=O) groups is 1. The van der Waals surface area contributed by atoms with E-state index >= 15 is 0 Å². The molecule has 6 heteroatoms. The van der Waals surface area contributed by atoms with E-state index in [1.807, 2.05) is 12.1 Å². The predicted octanol–water partition coefficient (Wildman–Crippen LogP) is 3.80. The summed E-state index contributed by atoms with van der Waals surface area (Å²) in [5.74, 6) is -0.562. The molecule has 2 aromatic carbocycles. The molecular weight excluding hydrogens is 317 g/mol. The molecule has 116 valence electrons. The number of amides is 1. The van der Waals surface area contributed by atoms with Gasteiger partial charge >= 0.3 is 0 Å². The summed E-state index contributed by atoms with van der Waals surface area (Å²) in [7, 11) is 0. The first-order valence-corrected chi connectivity index (χ1v) is 7.33. The van der Waals surface area contributed by atoms with Crippen LogP contribution in [0.5, 0.6) is 0 Å². The number of nitrogens with zero attached hydrogens (tertiary/aromatic N) is 1. The molecule has 3 aromatic rings. The van der Waals surface area contributed by atoms with Crippen molar-refractivity contribution in [3.05, 3.63) is 76.7 Å². The molecule has 0 aliphatic heterocycles. The molecule has 0 unspecified atom stereocenters. The molecule has 0 saturated carbocycles. The first-order valence-electron chi connectivity index (χ1n) is 6.95. The van der Waals surface area contributed by atoms with E-state index in [0.717, 1.165) is 11.1 Å². The van der Waals surface area contributed by atoms with Gasteiger partial charge < -0.3 is 5.32 Å². The van der Waals surface area contributed by atoms with Gasteiger partial charge in [-0.05, 0) is 29.8 Å². The maximum Gasteiger partial charge on any atom is 0.255 e. The van der Waals surface area contributed by atoms with Crippen molar-refractivity contribution in [2.24, 2.45) is 0 Å². The Morgan fingerprint density at radius 1 is 1.13 bits per heavy atom. The molecule has 23 heavy (non-hydrogen) atoms. The lowest BCUT2D eigenvalue weighted by Crippen LogP contribution is -2.22. The number of halogens is 2. The van der Waals surface area contributed by atoms with Crippen LogP contribution in [0.4, 0.5) is 4.39 Å². The summed E-state index contributed by atoms with van der Waals surface area (Å²) in [4.78, 5) is 12.3. The minimum Gasteiger partial charge on any atom is -0.348 e. The van der Waals surface area contributed by atoms with E-state index in [1.165, 1.54) is 18.3 Å². The van der Waals surface area contributed by atoms with Crippen molar-refractivity contribution in [1.82, 2.24) is 15.5 Å². The number of aromatic amines is 1. The van der Waals surface area contributed by atoms with Crippen LogP contribution >= 0.6 is 11.6 Å². The van der Waals surface area contributed by atoms with Crippen molar-refractivity contribution in [3.63, 3.8) is 0 Å². The fraction of sp³-hybridized carbons (Fsp3) is 0.0588. The first-order chi connectivity index (χ1) is 11.1. The summed E-state index contributed by atoms with van der Waals surface area (Å²) in [6, 6.07) is 13.1. The Morgan fingerprint density at radius 2 is 1.83 bits per heavy atom. The van der Waals surface area contributed by atoms with Gasteiger partial charge in [-0.25, -0.2) is 4.39 Å². The molecule has 0 aliphatic carbocycles. The number of hydrogen-bond donors (Lipinski definition) is 2. The van der Waals surface area contributed by atoms with Gasteiger partial charge in [0.15, 0.2) is 0 Å². The monoisotopic (exact) mass is 329 g/mol. The lowest BCUT2D eigenvalue weighted by molar-refractivity contribution is 0.0951. The zero-order chi connectivity index (χ0) is 16.2. The minimum absolute atomic E-state index is 0.256. The molecule has 0 spiro atoms. The van der Waals surface area contributed by atoms with Crippen LogP contribution < -0.4 is 5.32 Å². The molecule has 4 nitrogen and oxygen atoms in total. The molecule has 1 aromatic heterocycles. The maximum atomic E-state index is 12.9. The summed E-state index contributed by atoms with van der Waals surface area (Å²) in [5.41, 5.74) is 2.70. The predicted molar refractivity (Wildman–Crippen MR) is 86.6 cm³/mol. The Balaban J connectivity index is 1.74. The quantitative estimate of drug-likeness (QED) is 0.765. The molecule has 1 amide bonds. The number of benzene rings is 2. The Labute approximate surface area is 137 Å². The highest BCUT2D eigenvalue weighted by atomic mass is 35.5. The largest absolute Gasteiger partial charge is 0.348 e. The van der Waals surface area contributed by atoms with Gasteiger partial charge in [-0.3, -0.25) is 9.89 Å². The van der Waals surface area contributed by atoms with Crippen LogP contribution in [0.15, 0.2) is 54.7 Å². The van der Waals surface area contributed by atoms with Crippen molar-refractivity contribution in [2.75, 3.05) is 0 Å². The fourth-order valence-corrected chi connectivity index (χ4v) is 2.30. The topological polar surface area (TPSA) is 57.8 Å². The molecule has 2 N–H and O–H groups in total.